The molecule has 5 nitrogen and oxygen atoms in total. The van der Waals surface area contributed by atoms with E-state index in [2.05, 4.69) is 0 Å². The Kier molecular flexibility index (Phi) is 3.41. The van der Waals surface area contributed by atoms with Crippen LogP contribution in [-0.4, -0.2) is 15.3 Å². The number of aromatic nitrogens is 1. The minimum Gasteiger partial charge on any atom is -0.334 e. The average molecular weight is 246 g/mol. The van der Waals surface area contributed by atoms with E-state index in [1.54, 1.807) is 22.9 Å². The van der Waals surface area contributed by atoms with Crippen LogP contribution in [0.15, 0.2) is 30.5 Å². The third-order valence-corrected chi connectivity index (χ3v) is 2.84. The van der Waals surface area contributed by atoms with E-state index in [0.29, 0.717) is 11.9 Å². The van der Waals surface area contributed by atoms with Gasteiger partial charge in [-0.25, -0.2) is 0 Å². The Morgan fingerprint density at radius 2 is 2.17 bits per heavy atom. The Bertz CT molecular complexity index is 601. The predicted molar refractivity (Wildman–Crippen MR) is 68.5 cm³/mol. The molecule has 0 aliphatic rings. The summed E-state index contributed by atoms with van der Waals surface area (Å²) in [6, 6.07) is 6.71. The number of fused-ring (bicyclic) bond motifs is 1. The van der Waals surface area contributed by atoms with E-state index in [9.17, 15) is 14.9 Å². The zero-order valence-corrected chi connectivity index (χ0v) is 10.1. The van der Waals surface area contributed by atoms with E-state index >= 15 is 0 Å². The second kappa shape index (κ2) is 5.00. The lowest BCUT2D eigenvalue weighted by atomic mass is 10.2. The van der Waals surface area contributed by atoms with Gasteiger partial charge in [-0.15, -0.1) is 0 Å². The monoisotopic (exact) mass is 246 g/mol. The third kappa shape index (κ3) is 2.25. The normalized spacial score (nSPS) is 10.7. The van der Waals surface area contributed by atoms with Crippen molar-refractivity contribution in [2.24, 2.45) is 0 Å². The van der Waals surface area contributed by atoms with Gasteiger partial charge >= 0.3 is 0 Å². The molecule has 0 saturated heterocycles. The molecule has 0 bridgehead atoms. The molecule has 1 aromatic carbocycles. The molecule has 94 valence electrons. The fourth-order valence-corrected chi connectivity index (χ4v) is 2.07. The first-order chi connectivity index (χ1) is 8.63. The predicted octanol–water partition coefficient (Wildman–Crippen LogP) is 2.92. The molecular formula is C13H14N2O3. The standard InChI is InChI=1S/C13H14N2O3/c1-2-4-11(16)9-14-8-7-10-5-3-6-12(13(10)14)15(17)18/h3,5-8H,2,4,9H2,1H3. The van der Waals surface area contributed by atoms with Crippen molar-refractivity contribution in [3.05, 3.63) is 40.6 Å². The Hall–Kier alpha value is -2.17. The highest BCUT2D eigenvalue weighted by molar-refractivity contribution is 5.90. The lowest BCUT2D eigenvalue weighted by Crippen LogP contribution is -2.09. The summed E-state index contributed by atoms with van der Waals surface area (Å²) in [6.07, 6.45) is 3.02. The summed E-state index contributed by atoms with van der Waals surface area (Å²) in [5, 5.41) is 11.8. The van der Waals surface area contributed by atoms with Crippen molar-refractivity contribution < 1.29 is 9.72 Å². The Balaban J connectivity index is 2.45. The number of benzene rings is 1. The lowest BCUT2D eigenvalue weighted by molar-refractivity contribution is -0.383. The molecule has 0 atom stereocenters. The maximum Gasteiger partial charge on any atom is 0.293 e. The highest BCUT2D eigenvalue weighted by Crippen LogP contribution is 2.26. The molecule has 0 amide bonds. The van der Waals surface area contributed by atoms with Gasteiger partial charge in [0.1, 0.15) is 5.52 Å². The highest BCUT2D eigenvalue weighted by atomic mass is 16.6. The molecule has 0 saturated carbocycles. The zero-order valence-electron chi connectivity index (χ0n) is 10.1. The molecule has 0 radical (unpaired) electrons. The number of nitro benzene ring substituents is 1. The lowest BCUT2D eigenvalue weighted by Gasteiger charge is -2.04. The fraction of sp³-hybridized carbons (Fsp3) is 0.308. The molecule has 5 heteroatoms. The van der Waals surface area contributed by atoms with Gasteiger partial charge in [-0.2, -0.15) is 0 Å². The summed E-state index contributed by atoms with van der Waals surface area (Å²) < 4.78 is 1.66. The first kappa shape index (κ1) is 12.3. The Labute approximate surface area is 104 Å². The van der Waals surface area contributed by atoms with E-state index in [1.165, 1.54) is 6.07 Å². The molecule has 0 unspecified atom stereocenters. The number of nitrogens with zero attached hydrogens (tertiary/aromatic N) is 2. The maximum atomic E-state index is 11.6. The van der Waals surface area contributed by atoms with Gasteiger partial charge in [0, 0.05) is 24.1 Å². The van der Waals surface area contributed by atoms with Gasteiger partial charge in [0.15, 0.2) is 5.78 Å². The summed E-state index contributed by atoms with van der Waals surface area (Å²) >= 11 is 0. The Morgan fingerprint density at radius 3 is 2.83 bits per heavy atom. The van der Waals surface area contributed by atoms with E-state index < -0.39 is 4.92 Å². The van der Waals surface area contributed by atoms with Crippen molar-refractivity contribution in [1.29, 1.82) is 0 Å². The summed E-state index contributed by atoms with van der Waals surface area (Å²) in [6.45, 7) is 2.14. The van der Waals surface area contributed by atoms with Gasteiger partial charge in [0.2, 0.25) is 0 Å². The zero-order chi connectivity index (χ0) is 13.1. The van der Waals surface area contributed by atoms with Crippen LogP contribution in [-0.2, 0) is 11.3 Å². The van der Waals surface area contributed by atoms with Crippen molar-refractivity contribution in [2.75, 3.05) is 0 Å². The van der Waals surface area contributed by atoms with Crippen LogP contribution in [0.2, 0.25) is 0 Å². The van der Waals surface area contributed by atoms with E-state index in [4.69, 9.17) is 0 Å². The number of ketones is 1. The van der Waals surface area contributed by atoms with Crippen molar-refractivity contribution >= 4 is 22.4 Å². The quantitative estimate of drug-likeness (QED) is 0.601. The second-order valence-corrected chi connectivity index (χ2v) is 4.20. The first-order valence-corrected chi connectivity index (χ1v) is 5.87. The third-order valence-electron chi connectivity index (χ3n) is 2.84. The molecule has 1 aromatic heterocycles. The van der Waals surface area contributed by atoms with E-state index in [-0.39, 0.29) is 18.0 Å². The van der Waals surface area contributed by atoms with Gasteiger partial charge in [0.25, 0.3) is 5.69 Å². The van der Waals surface area contributed by atoms with Gasteiger partial charge in [-0.1, -0.05) is 19.1 Å². The topological polar surface area (TPSA) is 65.1 Å². The van der Waals surface area contributed by atoms with Crippen molar-refractivity contribution in [2.45, 2.75) is 26.3 Å². The number of non-ortho nitro benzene ring substituents is 1. The number of carbonyl (C=O) groups excluding carboxylic acids is 1. The molecule has 0 aliphatic carbocycles. The van der Waals surface area contributed by atoms with Crippen LogP contribution in [0.4, 0.5) is 5.69 Å². The highest BCUT2D eigenvalue weighted by Gasteiger charge is 2.16. The van der Waals surface area contributed by atoms with Gasteiger partial charge in [-0.3, -0.25) is 14.9 Å². The van der Waals surface area contributed by atoms with Crippen LogP contribution in [0.3, 0.4) is 0 Å². The van der Waals surface area contributed by atoms with Crippen LogP contribution < -0.4 is 0 Å². The molecule has 18 heavy (non-hydrogen) atoms. The number of para-hydroxylation sites is 1. The molecule has 2 aromatic rings. The smallest absolute Gasteiger partial charge is 0.293 e. The summed E-state index contributed by atoms with van der Waals surface area (Å²) in [7, 11) is 0. The molecule has 0 fully saturated rings. The molecule has 0 N–H and O–H groups in total. The van der Waals surface area contributed by atoms with Crippen LogP contribution in [0.25, 0.3) is 10.9 Å². The fourth-order valence-electron chi connectivity index (χ4n) is 2.07. The molecular weight excluding hydrogens is 232 g/mol. The van der Waals surface area contributed by atoms with Crippen molar-refractivity contribution in [3.8, 4) is 0 Å². The number of carbonyl (C=O) groups is 1. The van der Waals surface area contributed by atoms with Gasteiger partial charge in [0.05, 0.1) is 11.5 Å². The van der Waals surface area contributed by atoms with Crippen LogP contribution in [0.5, 0.6) is 0 Å². The Morgan fingerprint density at radius 1 is 1.39 bits per heavy atom. The van der Waals surface area contributed by atoms with Gasteiger partial charge < -0.3 is 4.57 Å². The molecule has 1 heterocycles. The largest absolute Gasteiger partial charge is 0.334 e. The van der Waals surface area contributed by atoms with Crippen LogP contribution in [0.1, 0.15) is 19.8 Å². The van der Waals surface area contributed by atoms with Crippen molar-refractivity contribution in [1.82, 2.24) is 4.57 Å². The average Bonchev–Trinajstić information content (AvgIpc) is 2.72. The summed E-state index contributed by atoms with van der Waals surface area (Å²) in [5.41, 5.74) is 0.564. The van der Waals surface area contributed by atoms with Crippen LogP contribution in [0, 0.1) is 10.1 Å². The number of Topliss-reactive ketones (excluding diaryl/α,β-unsaturated/α-hetero) is 1. The summed E-state index contributed by atoms with van der Waals surface area (Å²) in [5.74, 6) is 0.0909. The number of nitro groups is 1. The molecule has 2 rings (SSSR count). The van der Waals surface area contributed by atoms with E-state index in [1.807, 2.05) is 13.0 Å². The number of rotatable bonds is 5. The van der Waals surface area contributed by atoms with Crippen LogP contribution >= 0.6 is 0 Å². The minimum absolute atomic E-state index is 0.0433. The molecule has 0 spiro atoms. The van der Waals surface area contributed by atoms with Gasteiger partial charge in [-0.05, 0) is 12.5 Å². The maximum absolute atomic E-state index is 11.6. The number of hydrogen-bond acceptors (Lipinski definition) is 3. The number of hydrogen-bond donors (Lipinski definition) is 0. The second-order valence-electron chi connectivity index (χ2n) is 4.20. The van der Waals surface area contributed by atoms with E-state index in [0.717, 1.165) is 11.8 Å². The minimum atomic E-state index is -0.414. The molecule has 0 aliphatic heterocycles. The first-order valence-electron chi connectivity index (χ1n) is 5.87. The summed E-state index contributed by atoms with van der Waals surface area (Å²) in [4.78, 5) is 22.2. The van der Waals surface area contributed by atoms with Crippen molar-refractivity contribution in [3.63, 3.8) is 0 Å². The SMILES string of the molecule is CCCC(=O)Cn1ccc2cccc([N+](=O)[O-])c21.